The summed E-state index contributed by atoms with van der Waals surface area (Å²) in [5, 5.41) is 9.69. The lowest BCUT2D eigenvalue weighted by molar-refractivity contribution is -0.132. The molecule has 160 valence electrons. The maximum Gasteiger partial charge on any atom is 0.332 e. The normalized spacial score (nSPS) is 16.4. The van der Waals surface area contributed by atoms with E-state index in [1.807, 2.05) is 49.4 Å². The van der Waals surface area contributed by atoms with E-state index in [1.54, 1.807) is 0 Å². The number of benzene rings is 2. The van der Waals surface area contributed by atoms with Gasteiger partial charge in [-0.1, -0.05) is 44.4 Å². The third-order valence-electron chi connectivity index (χ3n) is 5.42. The fraction of sp³-hybridized carbons (Fsp3) is 0.400. The number of nitrogens with two attached hydrogens (primary N) is 1. The molecule has 2 atom stereocenters. The summed E-state index contributed by atoms with van der Waals surface area (Å²) in [7, 11) is 0. The predicted octanol–water partition coefficient (Wildman–Crippen LogP) is 6.03. The monoisotopic (exact) mass is 427 g/mol. The molecule has 1 aliphatic rings. The number of alkyl halides is 1. The van der Waals surface area contributed by atoms with Gasteiger partial charge < -0.3 is 15.6 Å². The van der Waals surface area contributed by atoms with Gasteiger partial charge >= 0.3 is 5.97 Å². The van der Waals surface area contributed by atoms with Crippen molar-refractivity contribution in [2.45, 2.75) is 57.2 Å². The van der Waals surface area contributed by atoms with Gasteiger partial charge in [0.1, 0.15) is 5.75 Å². The van der Waals surface area contributed by atoms with E-state index in [4.69, 9.17) is 22.1 Å². The first kappa shape index (κ1) is 22.2. The number of unbranched alkanes of at least 4 members (excludes halogenated alkanes) is 3. The quantitative estimate of drug-likeness (QED) is 0.261. The molecule has 0 bridgehead atoms. The molecule has 3 N–H and O–H groups in total. The van der Waals surface area contributed by atoms with Crippen molar-refractivity contribution in [1.29, 1.82) is 0 Å². The van der Waals surface area contributed by atoms with Crippen molar-refractivity contribution in [1.82, 2.24) is 0 Å². The van der Waals surface area contributed by atoms with Crippen LogP contribution in [0.4, 0.5) is 5.69 Å². The standard InChI is InChI=1S/C25H30ClNO3/c1-3-4-5-6-13-30-20-10-7-17(8-11-20)22-23(24(22)25(28)29)21-12-9-19(27)15-18(21)14-16(2)26/h7-12,15-16,22H,3-6,13-14,27H2,1-2H3,(H,28,29). The number of halogens is 1. The molecule has 0 aliphatic heterocycles. The molecule has 0 saturated heterocycles. The zero-order valence-corrected chi connectivity index (χ0v) is 18.4. The van der Waals surface area contributed by atoms with Gasteiger partial charge in [-0.05, 0) is 66.3 Å². The van der Waals surface area contributed by atoms with E-state index in [-0.39, 0.29) is 11.3 Å². The molecule has 4 nitrogen and oxygen atoms in total. The molecule has 2 aromatic carbocycles. The molecule has 1 aliphatic carbocycles. The highest BCUT2D eigenvalue weighted by Crippen LogP contribution is 2.55. The number of aliphatic carboxylic acids is 1. The minimum atomic E-state index is -0.882. The van der Waals surface area contributed by atoms with Crippen molar-refractivity contribution in [3.05, 3.63) is 64.7 Å². The summed E-state index contributed by atoms with van der Waals surface area (Å²) in [6, 6.07) is 13.4. The van der Waals surface area contributed by atoms with Crippen LogP contribution in [0.1, 0.15) is 62.1 Å². The van der Waals surface area contributed by atoms with Crippen molar-refractivity contribution in [2.24, 2.45) is 0 Å². The summed E-state index contributed by atoms with van der Waals surface area (Å²) < 4.78 is 5.81. The molecule has 0 fully saturated rings. The van der Waals surface area contributed by atoms with E-state index in [0.29, 0.717) is 24.3 Å². The van der Waals surface area contributed by atoms with Crippen LogP contribution in [0.15, 0.2) is 48.0 Å². The highest BCUT2D eigenvalue weighted by Gasteiger charge is 2.44. The lowest BCUT2D eigenvalue weighted by atomic mass is 9.96. The van der Waals surface area contributed by atoms with Gasteiger partial charge in [0, 0.05) is 17.0 Å². The van der Waals surface area contributed by atoms with Crippen LogP contribution in [0, 0.1) is 0 Å². The maximum atomic E-state index is 11.9. The van der Waals surface area contributed by atoms with Crippen LogP contribution in [0.3, 0.4) is 0 Å². The van der Waals surface area contributed by atoms with Crippen LogP contribution in [0.25, 0.3) is 5.57 Å². The van der Waals surface area contributed by atoms with E-state index in [0.717, 1.165) is 34.4 Å². The first-order valence-corrected chi connectivity index (χ1v) is 11.1. The van der Waals surface area contributed by atoms with Gasteiger partial charge in [0.05, 0.1) is 12.2 Å². The summed E-state index contributed by atoms with van der Waals surface area (Å²) in [5.74, 6) is -0.277. The van der Waals surface area contributed by atoms with Crippen molar-refractivity contribution in [3.63, 3.8) is 0 Å². The molecule has 3 rings (SSSR count). The molecule has 30 heavy (non-hydrogen) atoms. The zero-order valence-electron chi connectivity index (χ0n) is 17.7. The lowest BCUT2D eigenvalue weighted by Gasteiger charge is -2.11. The molecule has 2 unspecified atom stereocenters. The fourth-order valence-electron chi connectivity index (χ4n) is 3.92. The Morgan fingerprint density at radius 3 is 2.53 bits per heavy atom. The van der Waals surface area contributed by atoms with Crippen LogP contribution in [-0.2, 0) is 11.2 Å². The fourth-order valence-corrected chi connectivity index (χ4v) is 4.08. The van der Waals surface area contributed by atoms with Gasteiger partial charge in [-0.15, -0.1) is 11.6 Å². The summed E-state index contributed by atoms with van der Waals surface area (Å²) in [4.78, 5) is 11.9. The predicted molar refractivity (Wildman–Crippen MR) is 123 cm³/mol. The number of ether oxygens (including phenoxy) is 1. The van der Waals surface area contributed by atoms with Gasteiger partial charge in [0.25, 0.3) is 0 Å². The second-order valence-electron chi connectivity index (χ2n) is 7.95. The molecular weight excluding hydrogens is 398 g/mol. The van der Waals surface area contributed by atoms with Gasteiger partial charge in [0.2, 0.25) is 0 Å². The average Bonchev–Trinajstić information content (AvgIpc) is 3.44. The number of hydrogen-bond donors (Lipinski definition) is 2. The molecular formula is C25H30ClNO3. The van der Waals surface area contributed by atoms with Crippen molar-refractivity contribution >= 4 is 28.8 Å². The Hall–Kier alpha value is -2.46. The number of nitrogen functional groups attached to an aromatic ring is 1. The number of hydrogen-bond acceptors (Lipinski definition) is 3. The van der Waals surface area contributed by atoms with Crippen LogP contribution >= 0.6 is 11.6 Å². The van der Waals surface area contributed by atoms with Gasteiger partial charge in [-0.25, -0.2) is 4.79 Å². The van der Waals surface area contributed by atoms with E-state index in [9.17, 15) is 9.90 Å². The summed E-state index contributed by atoms with van der Waals surface area (Å²) in [5.41, 5.74) is 10.8. The highest BCUT2D eigenvalue weighted by atomic mass is 35.5. The van der Waals surface area contributed by atoms with Crippen molar-refractivity contribution in [2.75, 3.05) is 12.3 Å². The molecule has 2 aromatic rings. The first-order valence-electron chi connectivity index (χ1n) is 10.6. The zero-order chi connectivity index (χ0) is 21.7. The average molecular weight is 428 g/mol. The molecule has 0 spiro atoms. The number of anilines is 1. The number of rotatable bonds is 11. The van der Waals surface area contributed by atoms with Crippen LogP contribution < -0.4 is 10.5 Å². The molecule has 0 radical (unpaired) electrons. The van der Waals surface area contributed by atoms with Crippen LogP contribution in [0.2, 0.25) is 0 Å². The van der Waals surface area contributed by atoms with Gasteiger partial charge in [-0.3, -0.25) is 0 Å². The number of carbonyl (C=O) groups is 1. The SMILES string of the molecule is CCCCCCOc1ccc(C2C(C(=O)O)=C2c2ccc(N)cc2CC(C)Cl)cc1. The second kappa shape index (κ2) is 10.0. The summed E-state index contributed by atoms with van der Waals surface area (Å²) in [6.45, 7) is 4.82. The third kappa shape index (κ3) is 5.37. The Kier molecular flexibility index (Phi) is 7.43. The molecule has 5 heteroatoms. The lowest BCUT2D eigenvalue weighted by Crippen LogP contribution is -2.02. The minimum absolute atomic E-state index is 0.0645. The first-order chi connectivity index (χ1) is 14.4. The molecule has 0 saturated carbocycles. The smallest absolute Gasteiger partial charge is 0.332 e. The van der Waals surface area contributed by atoms with Gasteiger partial charge in [-0.2, -0.15) is 0 Å². The molecule has 0 amide bonds. The van der Waals surface area contributed by atoms with Gasteiger partial charge in [0.15, 0.2) is 0 Å². The number of carboxylic acid groups (broad SMARTS) is 1. The Balaban J connectivity index is 1.76. The van der Waals surface area contributed by atoms with E-state index in [1.165, 1.54) is 19.3 Å². The summed E-state index contributed by atoms with van der Waals surface area (Å²) >= 11 is 6.21. The third-order valence-corrected chi connectivity index (χ3v) is 5.57. The largest absolute Gasteiger partial charge is 0.494 e. The van der Waals surface area contributed by atoms with Crippen LogP contribution in [-0.4, -0.2) is 23.1 Å². The van der Waals surface area contributed by atoms with E-state index >= 15 is 0 Å². The Morgan fingerprint density at radius 1 is 1.17 bits per heavy atom. The van der Waals surface area contributed by atoms with E-state index < -0.39 is 5.97 Å². The topological polar surface area (TPSA) is 72.5 Å². The maximum absolute atomic E-state index is 11.9. The number of allylic oxidation sites excluding steroid dienone is 1. The minimum Gasteiger partial charge on any atom is -0.494 e. The summed E-state index contributed by atoms with van der Waals surface area (Å²) in [6.07, 6.45) is 5.29. The molecule has 0 aromatic heterocycles. The Labute approximate surface area is 183 Å². The van der Waals surface area contributed by atoms with Crippen molar-refractivity contribution < 1.29 is 14.6 Å². The molecule has 0 heterocycles. The van der Waals surface area contributed by atoms with Crippen LogP contribution in [0.5, 0.6) is 5.75 Å². The Morgan fingerprint density at radius 2 is 1.90 bits per heavy atom. The second-order valence-corrected chi connectivity index (χ2v) is 8.69. The van der Waals surface area contributed by atoms with Crippen molar-refractivity contribution in [3.8, 4) is 5.75 Å². The highest BCUT2D eigenvalue weighted by molar-refractivity contribution is 6.20. The van der Waals surface area contributed by atoms with E-state index in [2.05, 4.69) is 6.92 Å². The number of carboxylic acids is 1. The Bertz CT molecular complexity index is 918.